The van der Waals surface area contributed by atoms with E-state index in [-0.39, 0.29) is 18.0 Å². The zero-order chi connectivity index (χ0) is 23.2. The van der Waals surface area contributed by atoms with Crippen LogP contribution in [0.1, 0.15) is 0 Å². The fraction of sp³-hybridized carbons (Fsp3) is 0.190. The summed E-state index contributed by atoms with van der Waals surface area (Å²) in [6, 6.07) is 11.8. The first-order valence-electron chi connectivity index (χ1n) is 10.0. The molecule has 0 bridgehead atoms. The van der Waals surface area contributed by atoms with Crippen molar-refractivity contribution < 1.29 is 12.8 Å². The maximum absolute atomic E-state index is 13.2. The van der Waals surface area contributed by atoms with Gasteiger partial charge in [0.15, 0.2) is 0 Å². The lowest BCUT2D eigenvalue weighted by Crippen LogP contribution is -2.49. The molecule has 170 valence electrons. The van der Waals surface area contributed by atoms with Crippen LogP contribution in [0.5, 0.6) is 0 Å². The zero-order valence-corrected chi connectivity index (χ0v) is 19.4. The molecule has 0 aliphatic carbocycles. The van der Waals surface area contributed by atoms with Crippen LogP contribution in [0.15, 0.2) is 59.6 Å². The van der Waals surface area contributed by atoms with Crippen LogP contribution in [0.2, 0.25) is 10.0 Å². The molecule has 0 spiro atoms. The highest BCUT2D eigenvalue weighted by atomic mass is 35.5. The first kappa shape index (κ1) is 22.0. The topological polar surface area (TPSA) is 83.7 Å². The van der Waals surface area contributed by atoms with Gasteiger partial charge in [0.25, 0.3) is 5.78 Å². The third-order valence-electron chi connectivity index (χ3n) is 5.41. The van der Waals surface area contributed by atoms with Crippen LogP contribution in [0.25, 0.3) is 17.0 Å². The van der Waals surface area contributed by atoms with Crippen molar-refractivity contribution in [3.05, 3.63) is 70.6 Å². The number of anilines is 1. The fourth-order valence-electron chi connectivity index (χ4n) is 3.70. The van der Waals surface area contributed by atoms with Crippen LogP contribution in [-0.2, 0) is 10.0 Å². The summed E-state index contributed by atoms with van der Waals surface area (Å²) < 4.78 is 41.9. The Morgan fingerprint density at radius 3 is 2.39 bits per heavy atom. The highest BCUT2D eigenvalue weighted by Gasteiger charge is 2.30. The van der Waals surface area contributed by atoms with Gasteiger partial charge in [-0.05, 0) is 48.5 Å². The Bertz CT molecular complexity index is 1440. The average molecular weight is 507 g/mol. The van der Waals surface area contributed by atoms with E-state index in [1.54, 1.807) is 35.0 Å². The van der Waals surface area contributed by atoms with Crippen molar-refractivity contribution in [1.82, 2.24) is 23.9 Å². The van der Waals surface area contributed by atoms with Gasteiger partial charge < -0.3 is 4.90 Å². The van der Waals surface area contributed by atoms with Crippen molar-refractivity contribution in [2.45, 2.75) is 4.90 Å². The Balaban J connectivity index is 1.39. The minimum atomic E-state index is -3.71. The molecule has 0 amide bonds. The third-order valence-corrected chi connectivity index (χ3v) is 7.88. The minimum Gasteiger partial charge on any atom is -0.337 e. The molecule has 2 aromatic heterocycles. The highest BCUT2D eigenvalue weighted by Crippen LogP contribution is 2.31. The van der Waals surface area contributed by atoms with Crippen LogP contribution in [0.4, 0.5) is 10.3 Å². The number of hydrogen-bond donors (Lipinski definition) is 0. The highest BCUT2D eigenvalue weighted by molar-refractivity contribution is 7.89. The van der Waals surface area contributed by atoms with E-state index in [2.05, 4.69) is 15.1 Å². The van der Waals surface area contributed by atoms with E-state index >= 15 is 0 Å². The molecule has 4 aromatic rings. The molecule has 3 heterocycles. The van der Waals surface area contributed by atoms with Crippen molar-refractivity contribution in [3.63, 3.8) is 0 Å². The Kier molecular flexibility index (Phi) is 5.69. The second kappa shape index (κ2) is 8.53. The molecule has 8 nitrogen and oxygen atoms in total. The second-order valence-corrected chi connectivity index (χ2v) is 10.2. The predicted molar refractivity (Wildman–Crippen MR) is 124 cm³/mol. The lowest BCUT2D eigenvalue weighted by molar-refractivity contribution is 0.382. The molecule has 5 rings (SSSR count). The molecule has 0 N–H and O–H groups in total. The molecule has 12 heteroatoms. The smallest absolute Gasteiger partial charge is 0.254 e. The standard InChI is InChI=1S/C21H17Cl2FN6O2S/c22-14-1-6-18(23)17(13-14)19-7-8-25-20-26-21(27-30(19)20)28-9-11-29(12-10-28)33(31,32)16-4-2-15(24)3-5-16/h1-8,13H,9-12H2. The molecule has 0 radical (unpaired) electrons. The number of fused-ring (bicyclic) bond motifs is 1. The van der Waals surface area contributed by atoms with Crippen LogP contribution >= 0.6 is 23.2 Å². The Labute approximate surface area is 199 Å². The Morgan fingerprint density at radius 1 is 0.939 bits per heavy atom. The number of hydrogen-bond acceptors (Lipinski definition) is 6. The molecule has 1 aliphatic heterocycles. The first-order valence-corrected chi connectivity index (χ1v) is 12.2. The molecule has 1 aliphatic rings. The van der Waals surface area contributed by atoms with Gasteiger partial charge in [0.1, 0.15) is 5.82 Å². The van der Waals surface area contributed by atoms with Crippen LogP contribution in [0, 0.1) is 5.82 Å². The van der Waals surface area contributed by atoms with E-state index in [1.807, 2.05) is 4.90 Å². The van der Waals surface area contributed by atoms with E-state index in [0.717, 1.165) is 12.1 Å². The molecule has 1 saturated heterocycles. The van der Waals surface area contributed by atoms with Crippen molar-refractivity contribution >= 4 is 45.0 Å². The summed E-state index contributed by atoms with van der Waals surface area (Å²) in [4.78, 5) is 10.8. The van der Waals surface area contributed by atoms with Crippen molar-refractivity contribution in [1.29, 1.82) is 0 Å². The van der Waals surface area contributed by atoms with Gasteiger partial charge in [0.05, 0.1) is 15.6 Å². The summed E-state index contributed by atoms with van der Waals surface area (Å²) in [6.45, 7) is 1.28. The number of benzene rings is 2. The number of rotatable bonds is 4. The summed E-state index contributed by atoms with van der Waals surface area (Å²) in [6.07, 6.45) is 1.62. The molecule has 0 atom stereocenters. The monoisotopic (exact) mass is 506 g/mol. The normalized spacial score (nSPS) is 15.3. The van der Waals surface area contributed by atoms with E-state index < -0.39 is 15.8 Å². The van der Waals surface area contributed by atoms with Gasteiger partial charge in [-0.25, -0.2) is 17.8 Å². The molecule has 33 heavy (non-hydrogen) atoms. The number of aromatic nitrogens is 4. The molecular formula is C21H17Cl2FN6O2S. The fourth-order valence-corrected chi connectivity index (χ4v) is 5.51. The maximum Gasteiger partial charge on any atom is 0.254 e. The van der Waals surface area contributed by atoms with Gasteiger partial charge in [-0.1, -0.05) is 23.2 Å². The summed E-state index contributed by atoms with van der Waals surface area (Å²) in [5.41, 5.74) is 1.38. The number of sulfonamides is 1. The summed E-state index contributed by atoms with van der Waals surface area (Å²) in [5.74, 6) is 0.343. The van der Waals surface area contributed by atoms with Crippen LogP contribution in [0.3, 0.4) is 0 Å². The van der Waals surface area contributed by atoms with Crippen molar-refractivity contribution in [2.24, 2.45) is 0 Å². The summed E-state index contributed by atoms with van der Waals surface area (Å²) >= 11 is 12.5. The quantitative estimate of drug-likeness (QED) is 0.419. The van der Waals surface area contributed by atoms with Crippen molar-refractivity contribution in [3.8, 4) is 11.3 Å². The summed E-state index contributed by atoms with van der Waals surface area (Å²) in [7, 11) is -3.71. The zero-order valence-electron chi connectivity index (χ0n) is 17.1. The Hall–Kier alpha value is -2.79. The lowest BCUT2D eigenvalue weighted by Gasteiger charge is -2.33. The average Bonchev–Trinajstić information content (AvgIpc) is 3.26. The van der Waals surface area contributed by atoms with Crippen LogP contribution < -0.4 is 4.90 Å². The largest absolute Gasteiger partial charge is 0.337 e. The van der Waals surface area contributed by atoms with Gasteiger partial charge in [0.2, 0.25) is 16.0 Å². The molecular weight excluding hydrogens is 490 g/mol. The van der Waals surface area contributed by atoms with Gasteiger partial charge in [-0.2, -0.15) is 13.8 Å². The maximum atomic E-state index is 13.2. The van der Waals surface area contributed by atoms with E-state index in [0.29, 0.717) is 46.1 Å². The Morgan fingerprint density at radius 2 is 1.67 bits per heavy atom. The summed E-state index contributed by atoms with van der Waals surface area (Å²) in [5, 5.41) is 5.65. The number of nitrogens with zero attached hydrogens (tertiary/aromatic N) is 6. The number of piperazine rings is 1. The van der Waals surface area contributed by atoms with Gasteiger partial charge in [-0.3, -0.25) is 0 Å². The van der Waals surface area contributed by atoms with Crippen LogP contribution in [-0.4, -0.2) is 58.5 Å². The molecule has 0 unspecified atom stereocenters. The van der Waals surface area contributed by atoms with E-state index in [9.17, 15) is 12.8 Å². The van der Waals surface area contributed by atoms with Gasteiger partial charge in [0, 0.05) is 43.0 Å². The van der Waals surface area contributed by atoms with Crippen molar-refractivity contribution in [2.75, 3.05) is 31.1 Å². The minimum absolute atomic E-state index is 0.0652. The van der Waals surface area contributed by atoms with Gasteiger partial charge in [-0.15, -0.1) is 5.10 Å². The first-order chi connectivity index (χ1) is 15.8. The van der Waals surface area contributed by atoms with E-state index in [1.165, 1.54) is 16.4 Å². The molecule has 2 aromatic carbocycles. The number of halogens is 3. The predicted octanol–water partition coefficient (Wildman–Crippen LogP) is 3.75. The van der Waals surface area contributed by atoms with E-state index in [4.69, 9.17) is 23.2 Å². The van der Waals surface area contributed by atoms with Gasteiger partial charge >= 0.3 is 0 Å². The third kappa shape index (κ3) is 4.15. The molecule has 0 saturated carbocycles. The SMILES string of the molecule is O=S(=O)(c1ccc(F)cc1)N1CCN(c2nc3nccc(-c4cc(Cl)ccc4Cl)n3n2)CC1. The molecule has 1 fully saturated rings. The second-order valence-electron chi connectivity index (χ2n) is 7.42. The lowest BCUT2D eigenvalue weighted by atomic mass is 10.1.